The number of nitrogens with zero attached hydrogens (tertiary/aromatic N) is 2. The Bertz CT molecular complexity index is 561. The first-order valence-electron chi connectivity index (χ1n) is 8.69. The molecule has 0 spiro atoms. The predicted molar refractivity (Wildman–Crippen MR) is 91.8 cm³/mol. The van der Waals surface area contributed by atoms with Crippen LogP contribution in [0.15, 0.2) is 0 Å². The standard InChI is InChI=1S/C17H27N3OS/c1-3-22(21)16-11-7-6-10-15(16)20-17-13-8-4-5-9-14(13)18-12(2)19-17/h15-16H,3-11H2,1-2H3,(H,18,19,20). The lowest BCUT2D eigenvalue weighted by atomic mass is 9.93. The average molecular weight is 321 g/mol. The van der Waals surface area contributed by atoms with Gasteiger partial charge in [-0.05, 0) is 45.4 Å². The van der Waals surface area contributed by atoms with E-state index < -0.39 is 10.8 Å². The molecule has 0 radical (unpaired) electrons. The normalized spacial score (nSPS) is 26.3. The van der Waals surface area contributed by atoms with Gasteiger partial charge in [-0.2, -0.15) is 0 Å². The summed E-state index contributed by atoms with van der Waals surface area (Å²) in [5, 5.41) is 3.94. The first-order chi connectivity index (χ1) is 10.7. The Hall–Kier alpha value is -0.970. The molecule has 3 rings (SSSR count). The lowest BCUT2D eigenvalue weighted by Crippen LogP contribution is -2.40. The van der Waals surface area contributed by atoms with Crippen molar-refractivity contribution < 1.29 is 4.21 Å². The van der Waals surface area contributed by atoms with Crippen molar-refractivity contribution in [3.63, 3.8) is 0 Å². The highest BCUT2D eigenvalue weighted by Crippen LogP contribution is 2.30. The van der Waals surface area contributed by atoms with Gasteiger partial charge in [0.1, 0.15) is 11.6 Å². The quantitative estimate of drug-likeness (QED) is 0.925. The molecule has 1 fully saturated rings. The number of aromatic nitrogens is 2. The van der Waals surface area contributed by atoms with Gasteiger partial charge in [0.05, 0.1) is 5.25 Å². The first-order valence-corrected chi connectivity index (χ1v) is 10.1. The van der Waals surface area contributed by atoms with Crippen LogP contribution in [0.2, 0.25) is 0 Å². The maximum atomic E-state index is 12.4. The highest BCUT2D eigenvalue weighted by Gasteiger charge is 2.30. The Morgan fingerprint density at radius 3 is 2.73 bits per heavy atom. The maximum Gasteiger partial charge on any atom is 0.133 e. The predicted octanol–water partition coefficient (Wildman–Crippen LogP) is 3.16. The molecule has 0 amide bonds. The van der Waals surface area contributed by atoms with Gasteiger partial charge >= 0.3 is 0 Å². The number of anilines is 1. The molecular weight excluding hydrogens is 294 g/mol. The zero-order valence-corrected chi connectivity index (χ0v) is 14.5. The summed E-state index contributed by atoms with van der Waals surface area (Å²) < 4.78 is 12.4. The second-order valence-electron chi connectivity index (χ2n) is 6.49. The Labute approximate surface area is 136 Å². The molecule has 2 aliphatic rings. The molecule has 1 heterocycles. The molecule has 0 aliphatic heterocycles. The largest absolute Gasteiger partial charge is 0.366 e. The summed E-state index contributed by atoms with van der Waals surface area (Å²) in [6.07, 6.45) is 9.21. The summed E-state index contributed by atoms with van der Waals surface area (Å²) in [5.41, 5.74) is 2.54. The molecule has 0 bridgehead atoms. The molecule has 22 heavy (non-hydrogen) atoms. The van der Waals surface area contributed by atoms with Gasteiger partial charge in [0, 0.05) is 33.9 Å². The number of hydrogen-bond acceptors (Lipinski definition) is 4. The van der Waals surface area contributed by atoms with Gasteiger partial charge in [0.15, 0.2) is 0 Å². The number of hydrogen-bond donors (Lipinski definition) is 1. The number of fused-ring (bicyclic) bond motifs is 1. The molecule has 1 aromatic rings. The third-order valence-electron chi connectivity index (χ3n) is 4.94. The van der Waals surface area contributed by atoms with E-state index >= 15 is 0 Å². The van der Waals surface area contributed by atoms with Crippen LogP contribution >= 0.6 is 0 Å². The summed E-state index contributed by atoms with van der Waals surface area (Å²) in [5.74, 6) is 2.63. The summed E-state index contributed by atoms with van der Waals surface area (Å²) >= 11 is 0. The smallest absolute Gasteiger partial charge is 0.133 e. The Balaban J connectivity index is 1.85. The van der Waals surface area contributed by atoms with Crippen LogP contribution in [0.25, 0.3) is 0 Å². The Morgan fingerprint density at radius 1 is 1.14 bits per heavy atom. The minimum atomic E-state index is -0.730. The number of aryl methyl sites for hydroxylation is 2. The minimum absolute atomic E-state index is 0.272. The highest BCUT2D eigenvalue weighted by atomic mass is 32.2. The lowest BCUT2D eigenvalue weighted by Gasteiger charge is -2.33. The van der Waals surface area contributed by atoms with Crippen molar-refractivity contribution in [1.29, 1.82) is 0 Å². The zero-order valence-electron chi connectivity index (χ0n) is 13.7. The second-order valence-corrected chi connectivity index (χ2v) is 8.44. The van der Waals surface area contributed by atoms with Crippen LogP contribution in [0.4, 0.5) is 5.82 Å². The molecular formula is C17H27N3OS. The molecule has 2 aliphatic carbocycles. The molecule has 122 valence electrons. The van der Waals surface area contributed by atoms with Crippen LogP contribution < -0.4 is 5.32 Å². The van der Waals surface area contributed by atoms with Crippen molar-refractivity contribution in [2.75, 3.05) is 11.1 Å². The molecule has 5 heteroatoms. The SMILES string of the molecule is CCS(=O)C1CCCCC1Nc1nc(C)nc2c1CCCC2. The van der Waals surface area contributed by atoms with Gasteiger partial charge in [0.2, 0.25) is 0 Å². The molecule has 1 aromatic heterocycles. The summed E-state index contributed by atoms with van der Waals surface area (Å²) in [6, 6.07) is 0.301. The summed E-state index contributed by atoms with van der Waals surface area (Å²) in [4.78, 5) is 9.31. The molecule has 0 aromatic carbocycles. The topological polar surface area (TPSA) is 54.9 Å². The Morgan fingerprint density at radius 2 is 1.91 bits per heavy atom. The van der Waals surface area contributed by atoms with E-state index in [1.54, 1.807) is 0 Å². The minimum Gasteiger partial charge on any atom is -0.366 e. The van der Waals surface area contributed by atoms with Crippen molar-refractivity contribution in [2.45, 2.75) is 76.5 Å². The van der Waals surface area contributed by atoms with Gasteiger partial charge in [-0.15, -0.1) is 0 Å². The molecule has 1 N–H and O–H groups in total. The Kier molecular flexibility index (Phi) is 5.11. The first kappa shape index (κ1) is 15.9. The fourth-order valence-corrected chi connectivity index (χ4v) is 5.23. The van der Waals surface area contributed by atoms with Crippen molar-refractivity contribution in [1.82, 2.24) is 9.97 Å². The van der Waals surface area contributed by atoms with E-state index in [-0.39, 0.29) is 5.25 Å². The van der Waals surface area contributed by atoms with Crippen LogP contribution in [-0.2, 0) is 23.6 Å². The molecule has 3 atom stereocenters. The van der Waals surface area contributed by atoms with Crippen LogP contribution in [0.5, 0.6) is 0 Å². The fraction of sp³-hybridized carbons (Fsp3) is 0.765. The lowest BCUT2D eigenvalue weighted by molar-refractivity contribution is 0.464. The average Bonchev–Trinajstić information content (AvgIpc) is 2.54. The van der Waals surface area contributed by atoms with Crippen molar-refractivity contribution in [2.24, 2.45) is 0 Å². The van der Waals surface area contributed by atoms with Gasteiger partial charge in [-0.1, -0.05) is 19.8 Å². The van der Waals surface area contributed by atoms with Crippen LogP contribution in [0.3, 0.4) is 0 Å². The monoisotopic (exact) mass is 321 g/mol. The third-order valence-corrected chi connectivity index (χ3v) is 6.75. The van der Waals surface area contributed by atoms with Gasteiger partial charge < -0.3 is 5.32 Å². The summed E-state index contributed by atoms with van der Waals surface area (Å²) in [6.45, 7) is 4.00. The van der Waals surface area contributed by atoms with E-state index in [2.05, 4.69) is 15.3 Å². The van der Waals surface area contributed by atoms with Crippen LogP contribution in [0, 0.1) is 6.92 Å². The molecule has 3 unspecified atom stereocenters. The molecule has 4 nitrogen and oxygen atoms in total. The van der Waals surface area contributed by atoms with E-state index in [1.165, 1.54) is 36.9 Å². The third kappa shape index (κ3) is 3.34. The van der Waals surface area contributed by atoms with Crippen molar-refractivity contribution >= 4 is 16.6 Å². The van der Waals surface area contributed by atoms with Crippen molar-refractivity contribution in [3.05, 3.63) is 17.1 Å². The number of rotatable bonds is 4. The maximum absolute atomic E-state index is 12.4. The van der Waals surface area contributed by atoms with E-state index in [1.807, 2.05) is 13.8 Å². The molecule has 0 saturated heterocycles. The van der Waals surface area contributed by atoms with Crippen LogP contribution in [-0.4, -0.2) is 31.2 Å². The van der Waals surface area contributed by atoms with Gasteiger partial charge in [-0.25, -0.2) is 9.97 Å². The highest BCUT2D eigenvalue weighted by molar-refractivity contribution is 7.85. The number of nitrogens with one attached hydrogen (secondary N) is 1. The summed E-state index contributed by atoms with van der Waals surface area (Å²) in [7, 11) is -0.730. The van der Waals surface area contributed by atoms with E-state index in [9.17, 15) is 4.21 Å². The van der Waals surface area contributed by atoms with Gasteiger partial charge in [-0.3, -0.25) is 4.21 Å². The fourth-order valence-electron chi connectivity index (χ4n) is 3.80. The van der Waals surface area contributed by atoms with E-state index in [4.69, 9.17) is 0 Å². The zero-order chi connectivity index (χ0) is 15.5. The van der Waals surface area contributed by atoms with Gasteiger partial charge in [0.25, 0.3) is 0 Å². The molecule has 1 saturated carbocycles. The van der Waals surface area contributed by atoms with E-state index in [0.717, 1.165) is 43.1 Å². The van der Waals surface area contributed by atoms with Crippen LogP contribution in [0.1, 0.15) is 62.5 Å². The second kappa shape index (κ2) is 7.07. The van der Waals surface area contributed by atoms with E-state index in [0.29, 0.717) is 6.04 Å². The van der Waals surface area contributed by atoms with Crippen molar-refractivity contribution in [3.8, 4) is 0 Å².